The van der Waals surface area contributed by atoms with Crippen molar-refractivity contribution < 1.29 is 19.1 Å². The summed E-state index contributed by atoms with van der Waals surface area (Å²) in [5.41, 5.74) is 0.466. The van der Waals surface area contributed by atoms with E-state index in [1.165, 1.54) is 0 Å². The van der Waals surface area contributed by atoms with Crippen molar-refractivity contribution in [3.8, 4) is 11.5 Å². The molecule has 0 atom stereocenters. The van der Waals surface area contributed by atoms with Crippen molar-refractivity contribution in [3.05, 3.63) is 17.2 Å². The van der Waals surface area contributed by atoms with Gasteiger partial charge in [0, 0.05) is 31.5 Å². The van der Waals surface area contributed by atoms with Gasteiger partial charge >= 0.3 is 0 Å². The predicted octanol–water partition coefficient (Wildman–Crippen LogP) is 2.84. The van der Waals surface area contributed by atoms with Gasteiger partial charge < -0.3 is 19.7 Å². The van der Waals surface area contributed by atoms with Crippen molar-refractivity contribution >= 4 is 29.1 Å². The number of nitrogens with zero attached hydrogens (tertiary/aromatic N) is 1. The number of hydrogen-bond donors (Lipinski definition) is 1. The number of rotatable bonds is 3. The molecule has 1 aromatic rings. The fourth-order valence-electron chi connectivity index (χ4n) is 2.85. The monoisotopic (exact) mass is 352 g/mol. The van der Waals surface area contributed by atoms with Crippen molar-refractivity contribution in [2.75, 3.05) is 31.6 Å². The van der Waals surface area contributed by atoms with Crippen LogP contribution in [0.15, 0.2) is 12.1 Å². The summed E-state index contributed by atoms with van der Waals surface area (Å²) in [5, 5.41) is 3.15. The van der Waals surface area contributed by atoms with Gasteiger partial charge in [-0.25, -0.2) is 0 Å². The third-order valence-electron chi connectivity index (χ3n) is 4.12. The molecule has 1 saturated heterocycles. The Morgan fingerprint density at radius 3 is 2.67 bits per heavy atom. The molecule has 0 bridgehead atoms. The summed E-state index contributed by atoms with van der Waals surface area (Å²) < 4.78 is 11.2. The molecular weight excluding hydrogens is 332 g/mol. The number of ether oxygens (including phenoxy) is 2. The zero-order chi connectivity index (χ0) is 16.9. The number of halogens is 1. The molecule has 0 radical (unpaired) electrons. The van der Waals surface area contributed by atoms with E-state index in [4.69, 9.17) is 21.1 Å². The molecule has 0 saturated carbocycles. The predicted molar refractivity (Wildman–Crippen MR) is 90.7 cm³/mol. The van der Waals surface area contributed by atoms with Crippen LogP contribution in [0.5, 0.6) is 11.5 Å². The number of nitrogens with one attached hydrogen (secondary N) is 1. The summed E-state index contributed by atoms with van der Waals surface area (Å²) >= 11 is 6.23. The van der Waals surface area contributed by atoms with E-state index in [9.17, 15) is 9.59 Å². The van der Waals surface area contributed by atoms with E-state index in [0.717, 1.165) is 25.7 Å². The molecule has 6 nitrogen and oxygen atoms in total. The molecule has 24 heavy (non-hydrogen) atoms. The standard InChI is InChI=1S/C17H21ClN2O4/c18-12-9-14-15(24-8-4-7-23-14)10-13(12)19-16(21)11-20-6-3-1-2-5-17(20)22/h9-10H,1-8,11H2,(H,19,21). The Morgan fingerprint density at radius 2 is 1.88 bits per heavy atom. The van der Waals surface area contributed by atoms with Crippen LogP contribution in [0.1, 0.15) is 32.1 Å². The molecule has 0 aliphatic carbocycles. The van der Waals surface area contributed by atoms with Crippen molar-refractivity contribution in [1.82, 2.24) is 4.90 Å². The SMILES string of the molecule is O=C(CN1CCCCCC1=O)Nc1cc2c(cc1Cl)OCCCO2. The van der Waals surface area contributed by atoms with Gasteiger partial charge in [-0.1, -0.05) is 18.0 Å². The molecule has 2 aliphatic rings. The Labute approximate surface area is 146 Å². The van der Waals surface area contributed by atoms with E-state index in [-0.39, 0.29) is 18.4 Å². The van der Waals surface area contributed by atoms with Crippen LogP contribution >= 0.6 is 11.6 Å². The minimum atomic E-state index is -0.262. The number of benzene rings is 1. The summed E-state index contributed by atoms with van der Waals surface area (Å²) in [5.74, 6) is 0.922. The molecule has 3 rings (SSSR count). The third-order valence-corrected chi connectivity index (χ3v) is 4.43. The molecule has 2 aliphatic heterocycles. The topological polar surface area (TPSA) is 67.9 Å². The van der Waals surface area contributed by atoms with E-state index >= 15 is 0 Å². The second kappa shape index (κ2) is 7.75. The van der Waals surface area contributed by atoms with Gasteiger partial charge in [-0.3, -0.25) is 9.59 Å². The molecule has 0 spiro atoms. The molecule has 0 aromatic heterocycles. The first-order chi connectivity index (χ1) is 11.6. The van der Waals surface area contributed by atoms with Crippen LogP contribution in [0.2, 0.25) is 5.02 Å². The van der Waals surface area contributed by atoms with Crippen molar-refractivity contribution in [1.29, 1.82) is 0 Å². The second-order valence-corrected chi connectivity index (χ2v) is 6.41. The maximum Gasteiger partial charge on any atom is 0.244 e. The highest BCUT2D eigenvalue weighted by Gasteiger charge is 2.20. The quantitative estimate of drug-likeness (QED) is 0.908. The lowest BCUT2D eigenvalue weighted by molar-refractivity contribution is -0.134. The lowest BCUT2D eigenvalue weighted by Crippen LogP contribution is -2.37. The van der Waals surface area contributed by atoms with Crippen molar-refractivity contribution in [2.24, 2.45) is 0 Å². The first-order valence-corrected chi connectivity index (χ1v) is 8.68. The van der Waals surface area contributed by atoms with E-state index in [2.05, 4.69) is 5.32 Å². The van der Waals surface area contributed by atoms with Gasteiger partial charge in [0.15, 0.2) is 11.5 Å². The first kappa shape index (κ1) is 16.9. The van der Waals surface area contributed by atoms with Crippen LogP contribution in [-0.2, 0) is 9.59 Å². The van der Waals surface area contributed by atoms with Crippen LogP contribution in [0.25, 0.3) is 0 Å². The number of fused-ring (bicyclic) bond motifs is 1. The maximum absolute atomic E-state index is 12.3. The van der Waals surface area contributed by atoms with Gasteiger partial charge in [-0.2, -0.15) is 0 Å². The Balaban J connectivity index is 1.67. The first-order valence-electron chi connectivity index (χ1n) is 8.30. The molecule has 2 heterocycles. The van der Waals surface area contributed by atoms with E-state index in [1.807, 2.05) is 0 Å². The number of carbonyl (C=O) groups is 2. The average Bonchev–Trinajstić information content (AvgIpc) is 2.89. The molecule has 0 unspecified atom stereocenters. The van der Waals surface area contributed by atoms with Gasteiger partial charge in [0.25, 0.3) is 0 Å². The molecule has 130 valence electrons. The molecular formula is C17H21ClN2O4. The fraction of sp³-hybridized carbons (Fsp3) is 0.529. The number of likely N-dealkylation sites (tertiary alicyclic amines) is 1. The molecule has 1 aromatic carbocycles. The van der Waals surface area contributed by atoms with Crippen LogP contribution in [-0.4, -0.2) is 43.0 Å². The minimum absolute atomic E-state index is 0.0346. The van der Waals surface area contributed by atoms with Gasteiger partial charge in [0.1, 0.15) is 0 Å². The van der Waals surface area contributed by atoms with E-state index in [1.54, 1.807) is 17.0 Å². The van der Waals surface area contributed by atoms with Crippen LogP contribution in [0.4, 0.5) is 5.69 Å². The lowest BCUT2D eigenvalue weighted by atomic mass is 10.2. The summed E-state index contributed by atoms with van der Waals surface area (Å²) in [4.78, 5) is 25.9. The van der Waals surface area contributed by atoms with Gasteiger partial charge in [0.05, 0.1) is 30.5 Å². The van der Waals surface area contributed by atoms with Gasteiger partial charge in [-0.05, 0) is 12.8 Å². The maximum atomic E-state index is 12.3. The smallest absolute Gasteiger partial charge is 0.244 e. The summed E-state index contributed by atoms with van der Waals surface area (Å²) in [6, 6.07) is 3.32. The number of amides is 2. The van der Waals surface area contributed by atoms with Crippen molar-refractivity contribution in [3.63, 3.8) is 0 Å². The zero-order valence-corrected chi connectivity index (χ0v) is 14.2. The number of carbonyl (C=O) groups excluding carboxylic acids is 2. The average molecular weight is 353 g/mol. The third kappa shape index (κ3) is 4.12. The fourth-order valence-corrected chi connectivity index (χ4v) is 3.05. The number of anilines is 1. The molecule has 1 fully saturated rings. The summed E-state index contributed by atoms with van der Waals surface area (Å²) in [6.07, 6.45) is 4.16. The Hall–Kier alpha value is -1.95. The Bertz CT molecular complexity index is 635. The second-order valence-electron chi connectivity index (χ2n) is 6.00. The highest BCUT2D eigenvalue weighted by atomic mass is 35.5. The molecule has 1 N–H and O–H groups in total. The van der Waals surface area contributed by atoms with E-state index < -0.39 is 0 Å². The zero-order valence-electron chi connectivity index (χ0n) is 13.5. The summed E-state index contributed by atoms with van der Waals surface area (Å²) in [6.45, 7) is 1.81. The van der Waals surface area contributed by atoms with Crippen LogP contribution in [0, 0.1) is 0 Å². The molecule has 2 amide bonds. The summed E-state index contributed by atoms with van der Waals surface area (Å²) in [7, 11) is 0. The molecule has 7 heteroatoms. The number of hydrogen-bond acceptors (Lipinski definition) is 4. The largest absolute Gasteiger partial charge is 0.490 e. The van der Waals surface area contributed by atoms with Crippen molar-refractivity contribution in [2.45, 2.75) is 32.1 Å². The van der Waals surface area contributed by atoms with Crippen LogP contribution < -0.4 is 14.8 Å². The normalized spacial score (nSPS) is 17.9. The van der Waals surface area contributed by atoms with Gasteiger partial charge in [-0.15, -0.1) is 0 Å². The highest BCUT2D eigenvalue weighted by Crippen LogP contribution is 2.37. The highest BCUT2D eigenvalue weighted by molar-refractivity contribution is 6.34. The van der Waals surface area contributed by atoms with E-state index in [0.29, 0.717) is 48.4 Å². The Morgan fingerprint density at radius 1 is 1.12 bits per heavy atom. The van der Waals surface area contributed by atoms with Gasteiger partial charge in [0.2, 0.25) is 11.8 Å². The Kier molecular flexibility index (Phi) is 5.45. The lowest BCUT2D eigenvalue weighted by Gasteiger charge is -2.20. The minimum Gasteiger partial charge on any atom is -0.490 e. The van der Waals surface area contributed by atoms with Crippen LogP contribution in [0.3, 0.4) is 0 Å².